The molecule has 0 spiro atoms. The number of rotatable bonds is 14. The number of fused-ring (bicyclic) bond motifs is 1. The molecule has 0 heterocycles. The maximum absolute atomic E-state index is 4.45. The van der Waals surface area contributed by atoms with Crippen LogP contribution in [0.3, 0.4) is 0 Å². The van der Waals surface area contributed by atoms with Crippen molar-refractivity contribution in [2.75, 3.05) is 22.6 Å². The summed E-state index contributed by atoms with van der Waals surface area (Å²) in [5, 5.41) is 12.7. The average Bonchev–Trinajstić information content (AvgIpc) is 3.22. The summed E-state index contributed by atoms with van der Waals surface area (Å²) in [7, 11) is 0. The summed E-state index contributed by atoms with van der Waals surface area (Å²) in [6, 6.07) is 19.2. The monoisotopic (exact) mass is 793 g/mol. The molecule has 0 aliphatic rings. The molecule has 3 aromatic carbocycles. The van der Waals surface area contributed by atoms with E-state index in [2.05, 4.69) is 151 Å². The van der Waals surface area contributed by atoms with Gasteiger partial charge in [0.05, 0.1) is 0 Å². The Morgan fingerprint density at radius 1 is 0.596 bits per heavy atom. The highest BCUT2D eigenvalue weighted by molar-refractivity contribution is 6.02. The van der Waals surface area contributed by atoms with Crippen LogP contribution < -0.4 is 16.0 Å². The fourth-order valence-corrected chi connectivity index (χ4v) is 4.35. The van der Waals surface area contributed by atoms with Crippen molar-refractivity contribution in [2.24, 2.45) is 4.99 Å². The van der Waals surface area contributed by atoms with Gasteiger partial charge in [0.1, 0.15) is 12.5 Å². The van der Waals surface area contributed by atoms with E-state index in [0.29, 0.717) is 6.67 Å². The van der Waals surface area contributed by atoms with Gasteiger partial charge in [-0.1, -0.05) is 219 Å². The summed E-state index contributed by atoms with van der Waals surface area (Å²) in [4.78, 5) is 4.45. The Labute approximate surface area is 359 Å². The molecule has 0 aliphatic heterocycles. The maximum atomic E-state index is 4.45. The third-order valence-corrected chi connectivity index (χ3v) is 7.83. The van der Waals surface area contributed by atoms with E-state index in [1.165, 1.54) is 61.6 Å². The lowest BCUT2D eigenvalue weighted by Gasteiger charge is -2.23. The number of hydrogen-bond acceptors (Lipinski definition) is 4. The second-order valence-corrected chi connectivity index (χ2v) is 13.7. The quantitative estimate of drug-likeness (QED) is 0.0866. The minimum Gasteiger partial charge on any atom is -0.366 e. The van der Waals surface area contributed by atoms with Crippen LogP contribution in [0.25, 0.3) is 10.8 Å². The molecular weight excluding hydrogens is 693 g/mol. The van der Waals surface area contributed by atoms with E-state index >= 15 is 0 Å². The lowest BCUT2D eigenvalue weighted by Crippen LogP contribution is -2.14. The van der Waals surface area contributed by atoms with Gasteiger partial charge in [-0.05, 0) is 68.4 Å². The first kappa shape index (κ1) is 65.3. The van der Waals surface area contributed by atoms with Gasteiger partial charge in [0, 0.05) is 33.5 Å². The van der Waals surface area contributed by atoms with Crippen LogP contribution in [0.4, 0.5) is 17.1 Å². The maximum Gasteiger partial charge on any atom is 0.107 e. The second-order valence-electron chi connectivity index (χ2n) is 13.7. The minimum absolute atomic E-state index is 0. The number of allylic oxidation sites excluding steroid dienone is 1. The smallest absolute Gasteiger partial charge is 0.107 e. The van der Waals surface area contributed by atoms with Crippen LogP contribution in [0.15, 0.2) is 84.1 Å². The largest absolute Gasteiger partial charge is 0.366 e. The van der Waals surface area contributed by atoms with Crippen LogP contribution in [0.5, 0.6) is 0 Å². The van der Waals surface area contributed by atoms with E-state index in [4.69, 9.17) is 0 Å². The molecule has 0 saturated carbocycles. The van der Waals surface area contributed by atoms with Crippen LogP contribution >= 0.6 is 0 Å². The summed E-state index contributed by atoms with van der Waals surface area (Å²) in [6.07, 6.45) is 11.7. The highest BCUT2D eigenvalue weighted by atomic mass is 15.1. The topological polar surface area (TPSA) is 48.4 Å². The van der Waals surface area contributed by atoms with Crippen molar-refractivity contribution in [3.63, 3.8) is 0 Å². The van der Waals surface area contributed by atoms with Crippen molar-refractivity contribution in [2.45, 2.75) is 209 Å². The molecule has 57 heavy (non-hydrogen) atoms. The summed E-state index contributed by atoms with van der Waals surface area (Å²) in [5.74, 6) is 0.753. The van der Waals surface area contributed by atoms with E-state index in [1.807, 2.05) is 76.2 Å². The van der Waals surface area contributed by atoms with Crippen molar-refractivity contribution in [1.29, 1.82) is 0 Å². The summed E-state index contributed by atoms with van der Waals surface area (Å²) < 4.78 is 0. The van der Waals surface area contributed by atoms with Crippen molar-refractivity contribution in [3.05, 3.63) is 90.3 Å². The van der Waals surface area contributed by atoms with Gasteiger partial charge in [-0.15, -0.1) is 6.58 Å². The lowest BCUT2D eigenvalue weighted by molar-refractivity contribution is 0.590. The predicted octanol–water partition coefficient (Wildman–Crippen LogP) is 19.0. The van der Waals surface area contributed by atoms with Crippen LogP contribution in [0, 0.1) is 0 Å². The zero-order valence-corrected chi connectivity index (χ0v) is 41.1. The zero-order valence-electron chi connectivity index (χ0n) is 41.1. The number of nitrogens with one attached hydrogen (secondary N) is 3. The van der Waals surface area contributed by atoms with Gasteiger partial charge in [-0.3, -0.25) is 4.99 Å². The number of hydrogen-bond donors (Lipinski definition) is 3. The summed E-state index contributed by atoms with van der Waals surface area (Å²) >= 11 is 0. The molecule has 0 aliphatic carbocycles. The SMILES string of the molecule is C.C=C(C)CC.C=C(Nc1cc(C(C)(C)C)ccc1CC)Nc1ccc(NCN=C(C)C)c2ccccc12.CC.CC.CC.CC.CCCC.CCCCCCC. The first-order valence-corrected chi connectivity index (χ1v) is 22.5. The molecule has 4 nitrogen and oxygen atoms in total. The van der Waals surface area contributed by atoms with Crippen molar-refractivity contribution < 1.29 is 0 Å². The van der Waals surface area contributed by atoms with Gasteiger partial charge in [0.2, 0.25) is 0 Å². The lowest BCUT2D eigenvalue weighted by atomic mass is 9.86. The van der Waals surface area contributed by atoms with Gasteiger partial charge in [0.15, 0.2) is 0 Å². The standard InChI is InChI=1S/C28H36N4.C7H16.C5H10.C4H10.4C2H6.CH4/c1-8-21-13-14-22(28(5,6)7)17-27(21)32-20(4)31-26-16-15-25(30-18-29-19(2)3)23-11-9-10-12-24(23)26;1-3-5-7-6-4-2;1-4-5(2)3;1-3-4-2;4*1-2;/h9-17,30-32H,4,8,18H2,1-3,5-7H3;3-7H2,1-2H3;2,4H2,1,3H3;3-4H2,1-2H3;4*1-2H3;1H4. The van der Waals surface area contributed by atoms with Gasteiger partial charge >= 0.3 is 0 Å². The highest BCUT2D eigenvalue weighted by Gasteiger charge is 2.16. The number of nitrogens with zero attached hydrogens (tertiary/aromatic N) is 1. The molecular formula is C53H100N4. The minimum atomic E-state index is 0. The van der Waals surface area contributed by atoms with Crippen LogP contribution in [-0.2, 0) is 11.8 Å². The normalized spacial score (nSPS) is 9.05. The van der Waals surface area contributed by atoms with Crippen LogP contribution in [0.2, 0.25) is 0 Å². The number of benzene rings is 3. The molecule has 0 atom stereocenters. The Bertz CT molecular complexity index is 1350. The first-order valence-electron chi connectivity index (χ1n) is 22.5. The van der Waals surface area contributed by atoms with E-state index in [9.17, 15) is 0 Å². The molecule has 332 valence electrons. The molecule has 3 aromatic rings. The molecule has 0 bridgehead atoms. The van der Waals surface area contributed by atoms with Crippen molar-refractivity contribution in [1.82, 2.24) is 0 Å². The van der Waals surface area contributed by atoms with E-state index < -0.39 is 0 Å². The van der Waals surface area contributed by atoms with E-state index in [1.54, 1.807) is 0 Å². The number of anilines is 3. The molecule has 3 rings (SSSR count). The van der Waals surface area contributed by atoms with Crippen LogP contribution in [0.1, 0.15) is 208 Å². The molecule has 0 unspecified atom stereocenters. The Kier molecular flexibility index (Phi) is 51.8. The Morgan fingerprint density at radius 2 is 1.04 bits per heavy atom. The molecule has 0 radical (unpaired) electrons. The van der Waals surface area contributed by atoms with Crippen LogP contribution in [-0.4, -0.2) is 12.4 Å². The number of aliphatic imine (C=N–C) groups is 1. The predicted molar refractivity (Wildman–Crippen MR) is 274 cm³/mol. The number of aryl methyl sites for hydroxylation is 1. The van der Waals surface area contributed by atoms with Gasteiger partial charge in [-0.2, -0.15) is 0 Å². The number of unbranched alkanes of at least 4 members (excludes halogenated alkanes) is 5. The second kappa shape index (κ2) is 45.2. The Morgan fingerprint density at radius 3 is 1.42 bits per heavy atom. The fourth-order valence-electron chi connectivity index (χ4n) is 4.35. The van der Waals surface area contributed by atoms with Crippen molar-refractivity contribution in [3.8, 4) is 0 Å². The van der Waals surface area contributed by atoms with E-state index in [0.717, 1.165) is 52.2 Å². The van der Waals surface area contributed by atoms with Gasteiger partial charge in [-0.25, -0.2) is 0 Å². The average molecular weight is 793 g/mol. The summed E-state index contributed by atoms with van der Waals surface area (Å²) in [6.45, 7) is 50.4. The molecule has 0 fully saturated rings. The third kappa shape index (κ3) is 34.2. The molecule has 0 saturated heterocycles. The molecule has 0 aromatic heterocycles. The molecule has 0 amide bonds. The molecule has 4 heteroatoms. The van der Waals surface area contributed by atoms with Gasteiger partial charge in [0.25, 0.3) is 0 Å². The Balaban J connectivity index is -0.000000215. The zero-order chi connectivity index (χ0) is 44.5. The Hall–Kier alpha value is -3.53. The van der Waals surface area contributed by atoms with Crippen molar-refractivity contribution >= 4 is 33.5 Å². The molecule has 3 N–H and O–H groups in total. The third-order valence-electron chi connectivity index (χ3n) is 7.83. The van der Waals surface area contributed by atoms with E-state index in [-0.39, 0.29) is 12.8 Å². The highest BCUT2D eigenvalue weighted by Crippen LogP contribution is 2.32. The van der Waals surface area contributed by atoms with Gasteiger partial charge < -0.3 is 16.0 Å². The fraction of sp³-hybridized carbons (Fsp3) is 0.604. The first-order chi connectivity index (χ1) is 26.8. The summed E-state index contributed by atoms with van der Waals surface area (Å²) in [5.41, 5.74) is 8.18.